The zero-order valence-electron chi connectivity index (χ0n) is 11.9. The molecular formula is C14H22N2O2S. The molecule has 0 aromatic heterocycles. The van der Waals surface area contributed by atoms with Crippen molar-refractivity contribution in [3.8, 4) is 5.75 Å². The van der Waals surface area contributed by atoms with Crippen molar-refractivity contribution in [2.24, 2.45) is 0 Å². The molecule has 19 heavy (non-hydrogen) atoms. The highest BCUT2D eigenvalue weighted by molar-refractivity contribution is 8.00. The van der Waals surface area contributed by atoms with Crippen LogP contribution in [0.5, 0.6) is 5.75 Å². The topological polar surface area (TPSA) is 50.4 Å². The monoisotopic (exact) mass is 282 g/mol. The number of benzene rings is 1. The summed E-state index contributed by atoms with van der Waals surface area (Å²) in [6.45, 7) is 7.13. The van der Waals surface area contributed by atoms with Gasteiger partial charge in [-0.3, -0.25) is 0 Å². The first-order chi connectivity index (χ1) is 8.90. The molecule has 0 bridgehead atoms. The van der Waals surface area contributed by atoms with Crippen molar-refractivity contribution in [3.05, 3.63) is 24.3 Å². The number of carbonyl (C=O) groups excluding carboxylic acids is 1. The molecule has 0 aliphatic carbocycles. The van der Waals surface area contributed by atoms with E-state index < -0.39 is 0 Å². The number of nitrogens with one attached hydrogen (secondary N) is 2. The maximum Gasteiger partial charge on any atom is 0.319 e. The number of amides is 2. The Labute approximate surface area is 119 Å². The summed E-state index contributed by atoms with van der Waals surface area (Å²) in [6.07, 6.45) is 0. The Kier molecular flexibility index (Phi) is 6.02. The molecule has 0 saturated heterocycles. The van der Waals surface area contributed by atoms with E-state index >= 15 is 0 Å². The Morgan fingerprint density at radius 1 is 1.37 bits per heavy atom. The highest BCUT2D eigenvalue weighted by Gasteiger charge is 2.10. The second-order valence-electron chi connectivity index (χ2n) is 5.07. The third-order valence-corrected chi connectivity index (χ3v) is 3.52. The van der Waals surface area contributed by atoms with Crippen LogP contribution in [0, 0.1) is 0 Å². The number of urea groups is 1. The molecular weight excluding hydrogens is 260 g/mol. The highest BCUT2D eigenvalue weighted by Crippen LogP contribution is 2.22. The molecule has 5 heteroatoms. The average Bonchev–Trinajstić information content (AvgIpc) is 2.34. The van der Waals surface area contributed by atoms with E-state index in [1.807, 2.05) is 30.0 Å². The van der Waals surface area contributed by atoms with E-state index in [2.05, 4.69) is 31.4 Å². The summed E-state index contributed by atoms with van der Waals surface area (Å²) in [4.78, 5) is 11.7. The van der Waals surface area contributed by atoms with Gasteiger partial charge in [-0.1, -0.05) is 26.8 Å². The van der Waals surface area contributed by atoms with Gasteiger partial charge in [-0.25, -0.2) is 4.79 Å². The number of ether oxygens (including phenoxy) is 1. The van der Waals surface area contributed by atoms with Crippen molar-refractivity contribution in [3.63, 3.8) is 0 Å². The molecule has 0 radical (unpaired) electrons. The Hall–Kier alpha value is -1.36. The normalized spacial score (nSPS) is 10.9. The van der Waals surface area contributed by atoms with Crippen molar-refractivity contribution < 1.29 is 9.53 Å². The highest BCUT2D eigenvalue weighted by atomic mass is 32.2. The third kappa shape index (κ3) is 6.96. The Morgan fingerprint density at radius 2 is 2.11 bits per heavy atom. The molecule has 0 saturated carbocycles. The molecule has 0 unspecified atom stereocenters. The van der Waals surface area contributed by atoms with Crippen LogP contribution in [-0.2, 0) is 0 Å². The fourth-order valence-corrected chi connectivity index (χ4v) is 2.21. The van der Waals surface area contributed by atoms with Crippen molar-refractivity contribution in [2.75, 3.05) is 24.7 Å². The summed E-state index contributed by atoms with van der Waals surface area (Å²) in [5, 5.41) is 5.60. The zero-order chi connectivity index (χ0) is 14.3. The minimum atomic E-state index is -0.192. The SMILES string of the molecule is COc1cccc(NC(=O)NCCSC(C)(C)C)c1. The number of thioether (sulfide) groups is 1. The van der Waals surface area contributed by atoms with Gasteiger partial charge in [-0.15, -0.1) is 0 Å². The second-order valence-corrected chi connectivity index (χ2v) is 7.00. The number of hydrogen-bond donors (Lipinski definition) is 2. The molecule has 1 rings (SSSR count). The van der Waals surface area contributed by atoms with Gasteiger partial charge in [0, 0.05) is 28.8 Å². The average molecular weight is 282 g/mol. The summed E-state index contributed by atoms with van der Waals surface area (Å²) in [6, 6.07) is 7.09. The smallest absolute Gasteiger partial charge is 0.319 e. The van der Waals surface area contributed by atoms with E-state index in [1.54, 1.807) is 13.2 Å². The lowest BCUT2D eigenvalue weighted by Crippen LogP contribution is -2.31. The largest absolute Gasteiger partial charge is 0.497 e. The second kappa shape index (κ2) is 7.28. The maximum atomic E-state index is 11.7. The van der Waals surface area contributed by atoms with E-state index in [4.69, 9.17) is 4.74 Å². The fraction of sp³-hybridized carbons (Fsp3) is 0.500. The van der Waals surface area contributed by atoms with Crippen LogP contribution in [0.15, 0.2) is 24.3 Å². The number of rotatable bonds is 5. The van der Waals surface area contributed by atoms with Gasteiger partial charge in [0.15, 0.2) is 0 Å². The van der Waals surface area contributed by atoms with Crippen LogP contribution in [0.25, 0.3) is 0 Å². The Bertz CT molecular complexity index is 416. The van der Waals surface area contributed by atoms with Crippen LogP contribution in [0.2, 0.25) is 0 Å². The molecule has 2 N–H and O–H groups in total. The molecule has 2 amide bonds. The summed E-state index contributed by atoms with van der Waals surface area (Å²) < 4.78 is 5.32. The van der Waals surface area contributed by atoms with Gasteiger partial charge in [0.2, 0.25) is 0 Å². The van der Waals surface area contributed by atoms with Crippen molar-refractivity contribution >= 4 is 23.5 Å². The van der Waals surface area contributed by atoms with Crippen molar-refractivity contribution in [1.82, 2.24) is 5.32 Å². The van der Waals surface area contributed by atoms with Gasteiger partial charge in [-0.2, -0.15) is 11.8 Å². The van der Waals surface area contributed by atoms with Crippen LogP contribution in [0.4, 0.5) is 10.5 Å². The van der Waals surface area contributed by atoms with E-state index in [-0.39, 0.29) is 10.8 Å². The summed E-state index contributed by atoms with van der Waals surface area (Å²) >= 11 is 1.83. The minimum Gasteiger partial charge on any atom is -0.497 e. The molecule has 0 aliphatic rings. The van der Waals surface area contributed by atoms with Gasteiger partial charge >= 0.3 is 6.03 Å². The third-order valence-electron chi connectivity index (χ3n) is 2.25. The lowest BCUT2D eigenvalue weighted by Gasteiger charge is -2.17. The number of carbonyl (C=O) groups is 1. The summed E-state index contributed by atoms with van der Waals surface area (Å²) in [5.41, 5.74) is 0.723. The summed E-state index contributed by atoms with van der Waals surface area (Å²) in [5.74, 6) is 1.62. The zero-order valence-corrected chi connectivity index (χ0v) is 12.8. The predicted molar refractivity (Wildman–Crippen MR) is 82.2 cm³/mol. The van der Waals surface area contributed by atoms with Gasteiger partial charge in [-0.05, 0) is 12.1 Å². The molecule has 4 nitrogen and oxygen atoms in total. The first kappa shape index (κ1) is 15.7. The van der Waals surface area contributed by atoms with Crippen molar-refractivity contribution in [2.45, 2.75) is 25.5 Å². The quantitative estimate of drug-likeness (QED) is 0.814. The van der Waals surface area contributed by atoms with E-state index in [9.17, 15) is 4.79 Å². The summed E-state index contributed by atoms with van der Waals surface area (Å²) in [7, 11) is 1.60. The van der Waals surface area contributed by atoms with E-state index in [0.29, 0.717) is 6.54 Å². The van der Waals surface area contributed by atoms with E-state index in [0.717, 1.165) is 17.2 Å². The molecule has 0 heterocycles. The molecule has 1 aromatic rings. The van der Waals surface area contributed by atoms with Crippen LogP contribution >= 0.6 is 11.8 Å². The van der Waals surface area contributed by atoms with Gasteiger partial charge in [0.1, 0.15) is 5.75 Å². The Balaban J connectivity index is 2.31. The van der Waals surface area contributed by atoms with Crippen LogP contribution in [0.3, 0.4) is 0 Å². The minimum absolute atomic E-state index is 0.192. The Morgan fingerprint density at radius 3 is 2.74 bits per heavy atom. The molecule has 0 atom stereocenters. The first-order valence-electron chi connectivity index (χ1n) is 6.23. The lowest BCUT2D eigenvalue weighted by molar-refractivity contribution is 0.252. The first-order valence-corrected chi connectivity index (χ1v) is 7.22. The van der Waals surface area contributed by atoms with Crippen LogP contribution < -0.4 is 15.4 Å². The predicted octanol–water partition coefficient (Wildman–Crippen LogP) is 3.35. The molecule has 106 valence electrons. The van der Waals surface area contributed by atoms with Crippen molar-refractivity contribution in [1.29, 1.82) is 0 Å². The molecule has 0 aliphatic heterocycles. The number of anilines is 1. The lowest BCUT2D eigenvalue weighted by atomic mass is 10.3. The standard InChI is InChI=1S/C14H22N2O2S/c1-14(2,3)19-9-8-15-13(17)16-11-6-5-7-12(10-11)18-4/h5-7,10H,8-9H2,1-4H3,(H2,15,16,17). The molecule has 0 fully saturated rings. The molecule has 1 aromatic carbocycles. The number of methoxy groups -OCH3 is 1. The van der Waals surface area contributed by atoms with Crippen LogP contribution in [-0.4, -0.2) is 30.2 Å². The van der Waals surface area contributed by atoms with Crippen LogP contribution in [0.1, 0.15) is 20.8 Å². The van der Waals surface area contributed by atoms with Gasteiger partial charge in [0.05, 0.1) is 7.11 Å². The molecule has 0 spiro atoms. The number of hydrogen-bond acceptors (Lipinski definition) is 3. The van der Waals surface area contributed by atoms with E-state index in [1.165, 1.54) is 0 Å². The maximum absolute atomic E-state index is 11.7. The fourth-order valence-electron chi connectivity index (χ4n) is 1.40. The van der Waals surface area contributed by atoms with Gasteiger partial charge < -0.3 is 15.4 Å². The van der Waals surface area contributed by atoms with Gasteiger partial charge in [0.25, 0.3) is 0 Å².